The summed E-state index contributed by atoms with van der Waals surface area (Å²) in [6, 6.07) is 12.7. The van der Waals surface area contributed by atoms with Crippen LogP contribution in [0.25, 0.3) is 10.6 Å². The van der Waals surface area contributed by atoms with Gasteiger partial charge in [-0.05, 0) is 24.3 Å². The van der Waals surface area contributed by atoms with Gasteiger partial charge in [0, 0.05) is 6.20 Å². The first-order valence-corrected chi connectivity index (χ1v) is 7.29. The van der Waals surface area contributed by atoms with Crippen LogP contribution in [0.3, 0.4) is 0 Å². The fourth-order valence-electron chi connectivity index (χ4n) is 1.86. The van der Waals surface area contributed by atoms with Gasteiger partial charge in [0.25, 0.3) is 5.91 Å². The molecular weight excluding hydrogens is 300 g/mol. The van der Waals surface area contributed by atoms with E-state index in [9.17, 15) is 4.79 Å². The highest BCUT2D eigenvalue weighted by molar-refractivity contribution is 7.18. The van der Waals surface area contributed by atoms with Gasteiger partial charge in [0.2, 0.25) is 5.13 Å². The summed E-state index contributed by atoms with van der Waals surface area (Å²) in [5, 5.41) is 11.9. The Morgan fingerprint density at radius 2 is 1.95 bits per heavy atom. The summed E-state index contributed by atoms with van der Waals surface area (Å²) < 4.78 is 5.30. The van der Waals surface area contributed by atoms with Gasteiger partial charge in [-0.2, -0.15) is 0 Å². The molecule has 0 saturated carbocycles. The molecule has 0 aliphatic heterocycles. The van der Waals surface area contributed by atoms with Crippen molar-refractivity contribution in [3.05, 3.63) is 54.4 Å². The van der Waals surface area contributed by atoms with Gasteiger partial charge in [-0.1, -0.05) is 29.5 Å². The lowest BCUT2D eigenvalue weighted by atomic mass is 10.2. The van der Waals surface area contributed by atoms with E-state index in [4.69, 9.17) is 4.74 Å². The SMILES string of the molecule is COc1ccccc1-c1nnc(NC(=O)c2ccccn2)s1. The summed E-state index contributed by atoms with van der Waals surface area (Å²) in [5.74, 6) is 0.393. The van der Waals surface area contributed by atoms with E-state index in [2.05, 4.69) is 20.5 Å². The van der Waals surface area contributed by atoms with Gasteiger partial charge >= 0.3 is 0 Å². The molecule has 1 amide bonds. The predicted octanol–water partition coefficient (Wildman–Crippen LogP) is 2.86. The van der Waals surface area contributed by atoms with E-state index in [-0.39, 0.29) is 5.91 Å². The molecule has 22 heavy (non-hydrogen) atoms. The molecule has 2 heterocycles. The lowest BCUT2D eigenvalue weighted by Crippen LogP contribution is -2.13. The molecule has 0 atom stereocenters. The predicted molar refractivity (Wildman–Crippen MR) is 84.1 cm³/mol. The van der Waals surface area contributed by atoms with Crippen molar-refractivity contribution in [1.29, 1.82) is 0 Å². The minimum absolute atomic E-state index is 0.316. The minimum Gasteiger partial charge on any atom is -0.496 e. The Balaban J connectivity index is 1.81. The lowest BCUT2D eigenvalue weighted by molar-refractivity contribution is 0.102. The molecule has 110 valence electrons. The van der Waals surface area contributed by atoms with Crippen molar-refractivity contribution >= 4 is 22.4 Å². The van der Waals surface area contributed by atoms with Crippen LogP contribution in [-0.4, -0.2) is 28.2 Å². The van der Waals surface area contributed by atoms with Crippen LogP contribution in [0.15, 0.2) is 48.7 Å². The van der Waals surface area contributed by atoms with Crippen molar-refractivity contribution in [3.8, 4) is 16.3 Å². The third-order valence-electron chi connectivity index (χ3n) is 2.88. The molecule has 0 fully saturated rings. The molecule has 6 nitrogen and oxygen atoms in total. The number of carbonyl (C=O) groups excluding carboxylic acids is 1. The Morgan fingerprint density at radius 3 is 2.73 bits per heavy atom. The van der Waals surface area contributed by atoms with Crippen molar-refractivity contribution in [3.63, 3.8) is 0 Å². The molecular formula is C15H12N4O2S. The zero-order valence-electron chi connectivity index (χ0n) is 11.7. The maximum absolute atomic E-state index is 12.0. The highest BCUT2D eigenvalue weighted by Gasteiger charge is 2.14. The number of benzene rings is 1. The van der Waals surface area contributed by atoms with Crippen LogP contribution in [0.5, 0.6) is 5.75 Å². The van der Waals surface area contributed by atoms with Gasteiger partial charge in [0.05, 0.1) is 12.7 Å². The molecule has 1 aromatic carbocycles. The molecule has 0 saturated heterocycles. The molecule has 0 radical (unpaired) electrons. The van der Waals surface area contributed by atoms with E-state index in [0.717, 1.165) is 5.56 Å². The second kappa shape index (κ2) is 6.31. The third-order valence-corrected chi connectivity index (χ3v) is 3.75. The van der Waals surface area contributed by atoms with E-state index in [1.165, 1.54) is 11.3 Å². The van der Waals surface area contributed by atoms with Gasteiger partial charge in [0.1, 0.15) is 11.4 Å². The summed E-state index contributed by atoms with van der Waals surface area (Å²) in [4.78, 5) is 16.0. The fourth-order valence-corrected chi connectivity index (χ4v) is 2.63. The monoisotopic (exact) mass is 312 g/mol. The Bertz CT molecular complexity index is 789. The van der Waals surface area contributed by atoms with E-state index >= 15 is 0 Å². The summed E-state index contributed by atoms with van der Waals surface area (Å²) in [6.45, 7) is 0. The average Bonchev–Trinajstić information content (AvgIpc) is 3.04. The quantitative estimate of drug-likeness (QED) is 0.801. The summed E-state index contributed by atoms with van der Waals surface area (Å²) in [7, 11) is 1.60. The van der Waals surface area contributed by atoms with Crippen LogP contribution < -0.4 is 10.1 Å². The maximum Gasteiger partial charge on any atom is 0.276 e. The summed E-state index contributed by atoms with van der Waals surface area (Å²) >= 11 is 1.28. The molecule has 3 aromatic rings. The van der Waals surface area contributed by atoms with Crippen LogP contribution in [0.4, 0.5) is 5.13 Å². The minimum atomic E-state index is -0.316. The van der Waals surface area contributed by atoms with Gasteiger partial charge in [0.15, 0.2) is 5.01 Å². The first-order chi connectivity index (χ1) is 10.8. The number of methoxy groups -OCH3 is 1. The first kappa shape index (κ1) is 14.2. The van der Waals surface area contributed by atoms with Crippen LogP contribution in [0, 0.1) is 0 Å². The fraction of sp³-hybridized carbons (Fsp3) is 0.0667. The van der Waals surface area contributed by atoms with Crippen molar-refractivity contribution in [2.75, 3.05) is 12.4 Å². The maximum atomic E-state index is 12.0. The summed E-state index contributed by atoms with van der Waals surface area (Å²) in [5.41, 5.74) is 1.16. The number of pyridine rings is 1. The number of carbonyl (C=O) groups is 1. The topological polar surface area (TPSA) is 77.0 Å². The zero-order chi connectivity index (χ0) is 15.4. The number of nitrogens with zero attached hydrogens (tertiary/aromatic N) is 3. The number of para-hydroxylation sites is 1. The lowest BCUT2D eigenvalue weighted by Gasteiger charge is -2.03. The number of hydrogen-bond acceptors (Lipinski definition) is 6. The van der Waals surface area contributed by atoms with E-state index in [0.29, 0.717) is 21.6 Å². The zero-order valence-corrected chi connectivity index (χ0v) is 12.5. The highest BCUT2D eigenvalue weighted by Crippen LogP contribution is 2.33. The van der Waals surface area contributed by atoms with Gasteiger partial charge in [-0.3, -0.25) is 15.1 Å². The highest BCUT2D eigenvalue weighted by atomic mass is 32.1. The Hall–Kier alpha value is -2.80. The van der Waals surface area contributed by atoms with Crippen LogP contribution in [-0.2, 0) is 0 Å². The second-order valence-electron chi connectivity index (χ2n) is 4.28. The van der Waals surface area contributed by atoms with Crippen LogP contribution in [0.2, 0.25) is 0 Å². The normalized spacial score (nSPS) is 10.2. The number of hydrogen-bond donors (Lipinski definition) is 1. The number of ether oxygens (including phenoxy) is 1. The molecule has 0 spiro atoms. The molecule has 0 bridgehead atoms. The molecule has 0 aliphatic rings. The molecule has 0 unspecified atom stereocenters. The first-order valence-electron chi connectivity index (χ1n) is 6.47. The molecule has 0 aliphatic carbocycles. The number of aromatic nitrogens is 3. The molecule has 1 N–H and O–H groups in total. The molecule has 3 rings (SSSR count). The second-order valence-corrected chi connectivity index (χ2v) is 5.26. The van der Waals surface area contributed by atoms with Crippen molar-refractivity contribution in [2.45, 2.75) is 0 Å². The van der Waals surface area contributed by atoms with Crippen molar-refractivity contribution in [2.24, 2.45) is 0 Å². The average molecular weight is 312 g/mol. The van der Waals surface area contributed by atoms with Crippen LogP contribution in [0.1, 0.15) is 10.5 Å². The Morgan fingerprint density at radius 1 is 1.14 bits per heavy atom. The summed E-state index contributed by atoms with van der Waals surface area (Å²) in [6.07, 6.45) is 1.56. The van der Waals surface area contributed by atoms with Crippen LogP contribution >= 0.6 is 11.3 Å². The Kier molecular flexibility index (Phi) is 4.06. The number of anilines is 1. The largest absolute Gasteiger partial charge is 0.496 e. The smallest absolute Gasteiger partial charge is 0.276 e. The van der Waals surface area contributed by atoms with Gasteiger partial charge in [-0.15, -0.1) is 10.2 Å². The van der Waals surface area contributed by atoms with Crippen molar-refractivity contribution in [1.82, 2.24) is 15.2 Å². The number of rotatable bonds is 4. The third kappa shape index (κ3) is 2.94. The van der Waals surface area contributed by atoms with Gasteiger partial charge < -0.3 is 4.74 Å². The molecule has 2 aromatic heterocycles. The van der Waals surface area contributed by atoms with E-state index in [1.807, 2.05) is 24.3 Å². The van der Waals surface area contributed by atoms with E-state index < -0.39 is 0 Å². The standard InChI is InChI=1S/C15H12N4O2S/c1-21-12-8-3-2-6-10(12)14-18-19-15(22-14)17-13(20)11-7-4-5-9-16-11/h2-9H,1H3,(H,17,19,20). The van der Waals surface area contributed by atoms with Gasteiger partial charge in [-0.25, -0.2) is 0 Å². The number of nitrogens with one attached hydrogen (secondary N) is 1. The molecule has 7 heteroatoms. The van der Waals surface area contributed by atoms with Crippen molar-refractivity contribution < 1.29 is 9.53 Å². The van der Waals surface area contributed by atoms with E-state index in [1.54, 1.807) is 31.5 Å². The Labute approximate surface area is 130 Å². The number of amides is 1.